The van der Waals surface area contributed by atoms with E-state index < -0.39 is 34.3 Å². The van der Waals surface area contributed by atoms with Crippen molar-refractivity contribution in [3.63, 3.8) is 0 Å². The predicted octanol–water partition coefficient (Wildman–Crippen LogP) is 4.06. The molecule has 0 saturated heterocycles. The van der Waals surface area contributed by atoms with Gasteiger partial charge in [0.2, 0.25) is 21.8 Å². The van der Waals surface area contributed by atoms with Gasteiger partial charge in [0.1, 0.15) is 18.4 Å². The van der Waals surface area contributed by atoms with Gasteiger partial charge in [-0.05, 0) is 72.7 Å². The minimum Gasteiger partial charge on any atom is -0.352 e. The van der Waals surface area contributed by atoms with Gasteiger partial charge in [-0.25, -0.2) is 12.8 Å². The molecule has 1 aliphatic rings. The first kappa shape index (κ1) is 27.4. The van der Waals surface area contributed by atoms with E-state index >= 15 is 0 Å². The highest BCUT2D eigenvalue weighted by Gasteiger charge is 2.31. The number of carbonyl (C=O) groups is 2. The third-order valence-electron chi connectivity index (χ3n) is 6.21. The number of nitrogens with zero attached hydrogens (tertiary/aromatic N) is 2. The van der Waals surface area contributed by atoms with Crippen LogP contribution in [0.15, 0.2) is 48.5 Å². The highest BCUT2D eigenvalue weighted by Crippen LogP contribution is 2.22. The summed E-state index contributed by atoms with van der Waals surface area (Å²) in [6.45, 7) is 0.927. The van der Waals surface area contributed by atoms with Crippen LogP contribution in [0.5, 0.6) is 0 Å². The first-order valence-corrected chi connectivity index (χ1v) is 14.6. The topological polar surface area (TPSA) is 86.8 Å². The number of sulfonamides is 1. The Labute approximate surface area is 220 Å². The summed E-state index contributed by atoms with van der Waals surface area (Å²) in [5, 5.41) is 3.02. The Kier molecular flexibility index (Phi) is 9.51. The second kappa shape index (κ2) is 12.2. The molecule has 2 amide bonds. The van der Waals surface area contributed by atoms with Crippen molar-refractivity contribution >= 4 is 50.1 Å². The van der Waals surface area contributed by atoms with E-state index in [1.807, 2.05) is 0 Å². The molecule has 1 N–H and O–H groups in total. The molecule has 7 nitrogen and oxygen atoms in total. The largest absolute Gasteiger partial charge is 0.352 e. The number of amides is 2. The number of nitrogens with one attached hydrogen (secondary N) is 1. The Balaban J connectivity index is 1.87. The van der Waals surface area contributed by atoms with Crippen LogP contribution < -0.4 is 9.62 Å². The zero-order valence-electron chi connectivity index (χ0n) is 19.9. The second-order valence-electron chi connectivity index (χ2n) is 8.88. The maximum atomic E-state index is 14.5. The summed E-state index contributed by atoms with van der Waals surface area (Å²) < 4.78 is 41.5. The number of benzene rings is 2. The van der Waals surface area contributed by atoms with Gasteiger partial charge in [0.05, 0.1) is 11.9 Å². The zero-order valence-corrected chi connectivity index (χ0v) is 22.9. The van der Waals surface area contributed by atoms with E-state index in [9.17, 15) is 22.4 Å². The molecule has 0 radical (unpaired) electrons. The second-order valence-corrected chi connectivity index (χ2v) is 12.0. The highest BCUT2D eigenvalue weighted by molar-refractivity contribution is 14.1. The van der Waals surface area contributed by atoms with E-state index in [4.69, 9.17) is 0 Å². The molecule has 35 heavy (non-hydrogen) atoms. The molecule has 1 aliphatic carbocycles. The fraction of sp³-hybridized carbons (Fsp3) is 0.440. The van der Waals surface area contributed by atoms with Crippen molar-refractivity contribution in [2.75, 3.05) is 17.1 Å². The fourth-order valence-electron chi connectivity index (χ4n) is 4.18. The van der Waals surface area contributed by atoms with Gasteiger partial charge in [-0.15, -0.1) is 0 Å². The summed E-state index contributed by atoms with van der Waals surface area (Å²) >= 11 is 2.11. The van der Waals surface area contributed by atoms with Crippen molar-refractivity contribution in [3.8, 4) is 0 Å². The van der Waals surface area contributed by atoms with Crippen LogP contribution in [0.1, 0.15) is 44.6 Å². The molecule has 0 heterocycles. The predicted molar refractivity (Wildman–Crippen MR) is 143 cm³/mol. The van der Waals surface area contributed by atoms with Crippen LogP contribution in [0.3, 0.4) is 0 Å². The Morgan fingerprint density at radius 3 is 2.31 bits per heavy atom. The average molecular weight is 616 g/mol. The first-order chi connectivity index (χ1) is 16.6. The summed E-state index contributed by atoms with van der Waals surface area (Å²) in [6, 6.07) is 11.9. The number of carbonyl (C=O) groups excluding carboxylic acids is 2. The molecule has 0 spiro atoms. The standard InChI is InChI=1S/C25H31FIN3O4S/c1-18(25(32)28-21-9-4-3-5-10-21)29(16-19-8-6-7-11-23(19)26)24(31)17-30(35(2,33)34)22-14-12-20(27)13-15-22/h6-8,11-15,18,21H,3-5,9-10,16-17H2,1-2H3,(H,28,32). The molecule has 1 saturated carbocycles. The molecular formula is C25H31FIN3O4S. The molecule has 1 atom stereocenters. The van der Waals surface area contributed by atoms with Crippen molar-refractivity contribution in [1.29, 1.82) is 0 Å². The van der Waals surface area contributed by atoms with Crippen LogP contribution in [0.2, 0.25) is 0 Å². The highest BCUT2D eigenvalue weighted by atomic mass is 127. The molecule has 2 aromatic carbocycles. The lowest BCUT2D eigenvalue weighted by Crippen LogP contribution is -2.53. The molecular weight excluding hydrogens is 584 g/mol. The van der Waals surface area contributed by atoms with Crippen LogP contribution in [0.25, 0.3) is 0 Å². The maximum absolute atomic E-state index is 14.5. The van der Waals surface area contributed by atoms with Gasteiger partial charge in [-0.2, -0.15) is 0 Å². The van der Waals surface area contributed by atoms with E-state index in [2.05, 4.69) is 27.9 Å². The van der Waals surface area contributed by atoms with Crippen LogP contribution in [0, 0.1) is 9.39 Å². The minimum absolute atomic E-state index is 0.0448. The lowest BCUT2D eigenvalue weighted by Gasteiger charge is -2.33. The van der Waals surface area contributed by atoms with Crippen molar-refractivity contribution < 1.29 is 22.4 Å². The fourth-order valence-corrected chi connectivity index (χ4v) is 5.39. The van der Waals surface area contributed by atoms with Crippen LogP contribution >= 0.6 is 22.6 Å². The van der Waals surface area contributed by atoms with E-state index in [1.54, 1.807) is 49.4 Å². The van der Waals surface area contributed by atoms with Gasteiger partial charge >= 0.3 is 0 Å². The molecule has 1 unspecified atom stereocenters. The summed E-state index contributed by atoms with van der Waals surface area (Å²) in [4.78, 5) is 27.9. The van der Waals surface area contributed by atoms with E-state index in [0.717, 1.165) is 46.2 Å². The number of rotatable bonds is 9. The van der Waals surface area contributed by atoms with E-state index in [-0.39, 0.29) is 24.1 Å². The number of halogens is 2. The quantitative estimate of drug-likeness (QED) is 0.432. The lowest BCUT2D eigenvalue weighted by molar-refractivity contribution is -0.139. The number of hydrogen-bond acceptors (Lipinski definition) is 4. The van der Waals surface area contributed by atoms with E-state index in [0.29, 0.717) is 5.69 Å². The monoisotopic (exact) mass is 615 g/mol. The van der Waals surface area contributed by atoms with Gasteiger partial charge < -0.3 is 10.2 Å². The Morgan fingerprint density at radius 2 is 1.71 bits per heavy atom. The third-order valence-corrected chi connectivity index (χ3v) is 8.07. The third kappa shape index (κ3) is 7.63. The molecule has 0 aliphatic heterocycles. The van der Waals surface area contributed by atoms with Gasteiger partial charge in [0, 0.05) is 21.7 Å². The van der Waals surface area contributed by atoms with Crippen LogP contribution in [0.4, 0.5) is 10.1 Å². The summed E-state index contributed by atoms with van der Waals surface area (Å²) in [6.07, 6.45) is 6.01. The molecule has 10 heteroatoms. The van der Waals surface area contributed by atoms with Crippen LogP contribution in [-0.2, 0) is 26.2 Å². The molecule has 190 valence electrons. The Hall–Kier alpha value is -2.21. The lowest BCUT2D eigenvalue weighted by atomic mass is 9.95. The number of hydrogen-bond donors (Lipinski definition) is 1. The zero-order chi connectivity index (χ0) is 25.6. The van der Waals surface area contributed by atoms with Crippen molar-refractivity contribution in [3.05, 3.63) is 63.5 Å². The normalized spacial score (nSPS) is 15.3. The van der Waals surface area contributed by atoms with E-state index in [1.165, 1.54) is 11.0 Å². The van der Waals surface area contributed by atoms with Crippen LogP contribution in [-0.4, -0.2) is 50.0 Å². The molecule has 3 rings (SSSR count). The Morgan fingerprint density at radius 1 is 1.09 bits per heavy atom. The Bertz CT molecular complexity index is 1140. The summed E-state index contributed by atoms with van der Waals surface area (Å²) in [5.41, 5.74) is 0.588. The first-order valence-electron chi connectivity index (χ1n) is 11.6. The van der Waals surface area contributed by atoms with Crippen molar-refractivity contribution in [2.24, 2.45) is 0 Å². The minimum atomic E-state index is -3.80. The van der Waals surface area contributed by atoms with Gasteiger partial charge in [0.25, 0.3) is 0 Å². The summed E-state index contributed by atoms with van der Waals surface area (Å²) in [7, 11) is -3.80. The molecule has 0 aromatic heterocycles. The maximum Gasteiger partial charge on any atom is 0.244 e. The van der Waals surface area contributed by atoms with Crippen molar-refractivity contribution in [1.82, 2.24) is 10.2 Å². The average Bonchev–Trinajstić information content (AvgIpc) is 2.82. The van der Waals surface area contributed by atoms with Gasteiger partial charge in [-0.1, -0.05) is 37.5 Å². The number of anilines is 1. The van der Waals surface area contributed by atoms with Gasteiger partial charge in [0.15, 0.2) is 0 Å². The SMILES string of the molecule is CC(C(=O)NC1CCCCC1)N(Cc1ccccc1F)C(=O)CN(c1ccc(I)cc1)S(C)(=O)=O. The van der Waals surface area contributed by atoms with Gasteiger partial charge in [-0.3, -0.25) is 13.9 Å². The summed E-state index contributed by atoms with van der Waals surface area (Å²) in [5.74, 6) is -1.42. The molecule has 1 fully saturated rings. The molecule has 0 bridgehead atoms. The smallest absolute Gasteiger partial charge is 0.244 e. The molecule has 2 aromatic rings. The van der Waals surface area contributed by atoms with Crippen molar-refractivity contribution in [2.45, 2.75) is 57.7 Å².